The van der Waals surface area contributed by atoms with Crippen LogP contribution < -0.4 is 4.90 Å². The van der Waals surface area contributed by atoms with Crippen molar-refractivity contribution in [2.24, 2.45) is 5.92 Å². The summed E-state index contributed by atoms with van der Waals surface area (Å²) in [5.74, 6) is 0.150. The third-order valence-electron chi connectivity index (χ3n) is 3.17. The van der Waals surface area contributed by atoms with Crippen molar-refractivity contribution in [2.75, 3.05) is 24.3 Å². The molecule has 0 N–H and O–H groups in total. The highest BCUT2D eigenvalue weighted by molar-refractivity contribution is 7.85. The van der Waals surface area contributed by atoms with E-state index < -0.39 is 10.1 Å². The van der Waals surface area contributed by atoms with Crippen LogP contribution in [0.1, 0.15) is 12.8 Å². The van der Waals surface area contributed by atoms with Gasteiger partial charge in [-0.15, -0.1) is 0 Å². The van der Waals surface area contributed by atoms with Crippen molar-refractivity contribution in [1.29, 1.82) is 0 Å². The lowest BCUT2D eigenvalue weighted by molar-refractivity contribution is -0.117. The number of benzene rings is 1. The summed E-state index contributed by atoms with van der Waals surface area (Å²) in [5, 5.41) is 0.624. The molecular formula is C13H16ClNO4S. The van der Waals surface area contributed by atoms with Crippen LogP contribution in [0.25, 0.3) is 0 Å². The Hall–Kier alpha value is -1.11. The first-order valence-electron chi connectivity index (χ1n) is 6.25. The summed E-state index contributed by atoms with van der Waals surface area (Å²) in [4.78, 5) is 13.7. The summed E-state index contributed by atoms with van der Waals surface area (Å²) in [6.45, 7) is 0.693. The maximum atomic E-state index is 12.0. The molecule has 0 aliphatic carbocycles. The summed E-state index contributed by atoms with van der Waals surface area (Å²) in [7, 11) is -3.41. The largest absolute Gasteiger partial charge is 0.312 e. The smallest absolute Gasteiger partial charge is 0.264 e. The Morgan fingerprint density at radius 1 is 1.35 bits per heavy atom. The van der Waals surface area contributed by atoms with E-state index in [9.17, 15) is 13.2 Å². The van der Waals surface area contributed by atoms with Crippen LogP contribution in [0, 0.1) is 5.92 Å². The van der Waals surface area contributed by atoms with Gasteiger partial charge in [0.15, 0.2) is 0 Å². The summed E-state index contributed by atoms with van der Waals surface area (Å²) in [6, 6.07) is 7.08. The molecule has 0 bridgehead atoms. The number of amides is 1. The number of anilines is 1. The van der Waals surface area contributed by atoms with Gasteiger partial charge in [0, 0.05) is 23.7 Å². The van der Waals surface area contributed by atoms with Gasteiger partial charge in [0.25, 0.3) is 10.1 Å². The average molecular weight is 318 g/mol. The van der Waals surface area contributed by atoms with Crippen LogP contribution in [0.3, 0.4) is 0 Å². The summed E-state index contributed by atoms with van der Waals surface area (Å²) < 4.78 is 26.5. The summed E-state index contributed by atoms with van der Waals surface area (Å²) >= 11 is 5.82. The molecule has 1 aliphatic heterocycles. The molecule has 1 fully saturated rings. The molecule has 1 unspecified atom stereocenters. The maximum absolute atomic E-state index is 12.0. The van der Waals surface area contributed by atoms with E-state index >= 15 is 0 Å². The topological polar surface area (TPSA) is 63.7 Å². The van der Waals surface area contributed by atoms with Crippen molar-refractivity contribution < 1.29 is 17.4 Å². The van der Waals surface area contributed by atoms with Crippen LogP contribution in [-0.4, -0.2) is 33.7 Å². The molecular weight excluding hydrogens is 302 g/mol. The normalized spacial score (nSPS) is 19.6. The van der Waals surface area contributed by atoms with Gasteiger partial charge in [-0.2, -0.15) is 8.42 Å². The Bertz CT molecular complexity index is 585. The van der Waals surface area contributed by atoms with Gasteiger partial charge in [-0.05, 0) is 36.6 Å². The quantitative estimate of drug-likeness (QED) is 0.780. The molecule has 0 spiro atoms. The van der Waals surface area contributed by atoms with E-state index in [1.807, 2.05) is 0 Å². The number of nitrogens with zero attached hydrogens (tertiary/aromatic N) is 1. The Labute approximate surface area is 123 Å². The fourth-order valence-corrected chi connectivity index (χ4v) is 2.74. The van der Waals surface area contributed by atoms with Gasteiger partial charge in [-0.1, -0.05) is 11.6 Å². The molecule has 0 radical (unpaired) electrons. The lowest BCUT2D eigenvalue weighted by atomic mass is 10.1. The second-order valence-corrected chi connectivity index (χ2v) is 6.95. The zero-order valence-electron chi connectivity index (χ0n) is 11.1. The van der Waals surface area contributed by atoms with Gasteiger partial charge in [0.1, 0.15) is 0 Å². The van der Waals surface area contributed by atoms with E-state index in [4.69, 9.17) is 15.8 Å². The summed E-state index contributed by atoms with van der Waals surface area (Å²) in [5.41, 5.74) is 0.811. The van der Waals surface area contributed by atoms with Crippen LogP contribution in [0.2, 0.25) is 5.02 Å². The Balaban J connectivity index is 1.92. The third-order valence-corrected chi connectivity index (χ3v) is 4.01. The first-order valence-corrected chi connectivity index (χ1v) is 8.45. The van der Waals surface area contributed by atoms with Crippen LogP contribution >= 0.6 is 11.6 Å². The van der Waals surface area contributed by atoms with Gasteiger partial charge in [-0.25, -0.2) is 0 Å². The minimum atomic E-state index is -3.41. The molecule has 5 nitrogen and oxygen atoms in total. The van der Waals surface area contributed by atoms with Crippen molar-refractivity contribution in [3.8, 4) is 0 Å². The van der Waals surface area contributed by atoms with Crippen LogP contribution in [0.4, 0.5) is 5.69 Å². The predicted octanol–water partition coefficient (Wildman–Crippen LogP) is 2.06. The molecule has 1 atom stereocenters. The average Bonchev–Trinajstić information content (AvgIpc) is 2.70. The highest BCUT2D eigenvalue weighted by Crippen LogP contribution is 2.27. The van der Waals surface area contributed by atoms with Crippen molar-refractivity contribution in [3.05, 3.63) is 29.3 Å². The molecule has 2 rings (SSSR count). The fraction of sp³-hybridized carbons (Fsp3) is 0.462. The first kappa shape index (κ1) is 15.3. The number of halogens is 1. The molecule has 110 valence electrons. The molecule has 0 aromatic heterocycles. The Morgan fingerprint density at radius 2 is 2.00 bits per heavy atom. The standard InChI is InChI=1S/C13H16ClNO4S/c1-20(17,18)19-7-6-10-8-13(16)15(9-10)12-4-2-11(14)3-5-12/h2-5,10H,6-9H2,1H3. The number of carbonyl (C=O) groups excluding carboxylic acids is 1. The number of hydrogen-bond donors (Lipinski definition) is 0. The van der Waals surface area contributed by atoms with Crippen LogP contribution in [0.5, 0.6) is 0 Å². The second kappa shape index (κ2) is 6.11. The van der Waals surface area contributed by atoms with Gasteiger partial charge in [-0.3, -0.25) is 8.98 Å². The first-order chi connectivity index (χ1) is 9.35. The number of hydrogen-bond acceptors (Lipinski definition) is 4. The molecule has 1 aromatic rings. The minimum absolute atomic E-state index is 0.0386. The van der Waals surface area contributed by atoms with E-state index in [-0.39, 0.29) is 18.4 Å². The predicted molar refractivity (Wildman–Crippen MR) is 77.3 cm³/mol. The fourth-order valence-electron chi connectivity index (χ4n) is 2.21. The number of carbonyl (C=O) groups is 1. The van der Waals surface area contributed by atoms with Crippen LogP contribution in [0.15, 0.2) is 24.3 Å². The van der Waals surface area contributed by atoms with Gasteiger partial charge in [0.05, 0.1) is 12.9 Å². The maximum Gasteiger partial charge on any atom is 0.264 e. The Morgan fingerprint density at radius 3 is 2.60 bits per heavy atom. The highest BCUT2D eigenvalue weighted by Gasteiger charge is 2.30. The molecule has 1 amide bonds. The molecule has 20 heavy (non-hydrogen) atoms. The van der Waals surface area contributed by atoms with E-state index in [1.165, 1.54) is 0 Å². The van der Waals surface area contributed by atoms with Crippen molar-refractivity contribution in [3.63, 3.8) is 0 Å². The third kappa shape index (κ3) is 4.19. The van der Waals surface area contributed by atoms with Crippen molar-refractivity contribution in [1.82, 2.24) is 0 Å². The van der Waals surface area contributed by atoms with Gasteiger partial charge < -0.3 is 4.90 Å². The lowest BCUT2D eigenvalue weighted by Crippen LogP contribution is -2.24. The second-order valence-electron chi connectivity index (χ2n) is 4.87. The molecule has 1 saturated heterocycles. The van der Waals surface area contributed by atoms with E-state index in [2.05, 4.69) is 0 Å². The SMILES string of the molecule is CS(=O)(=O)OCCC1CC(=O)N(c2ccc(Cl)cc2)C1. The molecule has 1 aliphatic rings. The van der Waals surface area contributed by atoms with E-state index in [0.717, 1.165) is 11.9 Å². The van der Waals surface area contributed by atoms with Gasteiger partial charge in [0.2, 0.25) is 5.91 Å². The molecule has 7 heteroatoms. The minimum Gasteiger partial charge on any atom is -0.312 e. The van der Waals surface area contributed by atoms with Crippen molar-refractivity contribution >= 4 is 33.3 Å². The lowest BCUT2D eigenvalue weighted by Gasteiger charge is -2.16. The van der Waals surface area contributed by atoms with Crippen molar-refractivity contribution in [2.45, 2.75) is 12.8 Å². The zero-order valence-corrected chi connectivity index (χ0v) is 12.7. The van der Waals surface area contributed by atoms with E-state index in [1.54, 1.807) is 29.2 Å². The Kier molecular flexibility index (Phi) is 4.67. The molecule has 0 saturated carbocycles. The van der Waals surface area contributed by atoms with Gasteiger partial charge >= 0.3 is 0 Å². The molecule has 1 heterocycles. The van der Waals surface area contributed by atoms with E-state index in [0.29, 0.717) is 24.4 Å². The number of rotatable bonds is 5. The zero-order chi connectivity index (χ0) is 14.8. The van der Waals surface area contributed by atoms with Crippen LogP contribution in [-0.2, 0) is 19.1 Å². The monoisotopic (exact) mass is 317 g/mol. The summed E-state index contributed by atoms with van der Waals surface area (Å²) in [6.07, 6.45) is 1.98. The highest BCUT2D eigenvalue weighted by atomic mass is 35.5. The molecule has 1 aromatic carbocycles.